The fraction of sp³-hybridized carbons (Fsp3) is 0.286. The summed E-state index contributed by atoms with van der Waals surface area (Å²) in [6.45, 7) is 0.695. The lowest BCUT2D eigenvalue weighted by Crippen LogP contribution is -2.05. The van der Waals surface area contributed by atoms with Crippen molar-refractivity contribution in [2.24, 2.45) is 0 Å². The predicted octanol–water partition coefficient (Wildman–Crippen LogP) is 3.62. The highest BCUT2D eigenvalue weighted by atomic mass is 35.5. The van der Waals surface area contributed by atoms with E-state index in [0.717, 1.165) is 22.8 Å². The van der Waals surface area contributed by atoms with Crippen molar-refractivity contribution in [3.8, 4) is 5.75 Å². The maximum Gasteiger partial charge on any atom is 0.167 e. The third-order valence-corrected chi connectivity index (χ3v) is 4.33. The van der Waals surface area contributed by atoms with Crippen LogP contribution in [0.15, 0.2) is 23.7 Å². The average molecular weight is 326 g/mol. The van der Waals surface area contributed by atoms with Gasteiger partial charge in [0.25, 0.3) is 0 Å². The number of aryl methyl sites for hydroxylation is 2. The molecular formula is C14H13ClFN3OS. The van der Waals surface area contributed by atoms with Crippen LogP contribution in [-0.2, 0) is 18.8 Å². The number of hydrogen-bond acceptors (Lipinski definition) is 4. The zero-order valence-electron chi connectivity index (χ0n) is 11.3. The second-order valence-corrected chi connectivity index (χ2v) is 5.71. The Hall–Kier alpha value is -1.66. The summed E-state index contributed by atoms with van der Waals surface area (Å²) in [5, 5.41) is 2.99. The molecule has 0 unspecified atom stereocenters. The fourth-order valence-electron chi connectivity index (χ4n) is 2.27. The van der Waals surface area contributed by atoms with Gasteiger partial charge in [-0.05, 0) is 0 Å². The highest BCUT2D eigenvalue weighted by Crippen LogP contribution is 2.26. The molecule has 7 heteroatoms. The van der Waals surface area contributed by atoms with Gasteiger partial charge in [0.05, 0.1) is 29.0 Å². The summed E-state index contributed by atoms with van der Waals surface area (Å²) in [5.41, 5.74) is 1.41. The number of methoxy groups -OCH3 is 1. The van der Waals surface area contributed by atoms with Gasteiger partial charge in [-0.15, -0.1) is 22.9 Å². The van der Waals surface area contributed by atoms with E-state index in [1.54, 1.807) is 23.6 Å². The molecule has 2 aromatic heterocycles. The standard InChI is InChI=1S/C14H13ClFN3OS/c1-20-12-7-11-10(6-9(12)16)18-13(8-15)19(11)4-2-14-17-3-5-21-14/h3,5-7H,2,4,8H2,1H3. The van der Waals surface area contributed by atoms with Crippen LogP contribution in [0.1, 0.15) is 10.8 Å². The van der Waals surface area contributed by atoms with Gasteiger partial charge < -0.3 is 9.30 Å². The smallest absolute Gasteiger partial charge is 0.167 e. The highest BCUT2D eigenvalue weighted by Gasteiger charge is 2.14. The van der Waals surface area contributed by atoms with Crippen molar-refractivity contribution in [1.82, 2.24) is 14.5 Å². The molecule has 3 rings (SSSR count). The van der Waals surface area contributed by atoms with E-state index in [-0.39, 0.29) is 11.6 Å². The molecule has 0 fully saturated rings. The number of alkyl halides is 1. The summed E-state index contributed by atoms with van der Waals surface area (Å²) in [6.07, 6.45) is 2.57. The number of aromatic nitrogens is 3. The van der Waals surface area contributed by atoms with E-state index in [4.69, 9.17) is 16.3 Å². The Bertz CT molecular complexity index is 757. The summed E-state index contributed by atoms with van der Waals surface area (Å²) in [4.78, 5) is 8.65. The van der Waals surface area contributed by atoms with E-state index < -0.39 is 5.82 Å². The third kappa shape index (κ3) is 2.73. The minimum atomic E-state index is -0.421. The van der Waals surface area contributed by atoms with E-state index in [0.29, 0.717) is 12.1 Å². The van der Waals surface area contributed by atoms with Crippen LogP contribution in [0.2, 0.25) is 0 Å². The molecule has 0 aliphatic carbocycles. The monoisotopic (exact) mass is 325 g/mol. The summed E-state index contributed by atoms with van der Waals surface area (Å²) < 4.78 is 20.8. The number of halogens is 2. The number of ether oxygens (including phenoxy) is 1. The molecule has 0 spiro atoms. The van der Waals surface area contributed by atoms with Gasteiger partial charge in [0, 0.05) is 36.7 Å². The molecule has 0 saturated heterocycles. The molecule has 0 aliphatic heterocycles. The van der Waals surface area contributed by atoms with Gasteiger partial charge in [-0.1, -0.05) is 0 Å². The average Bonchev–Trinajstić information content (AvgIpc) is 3.11. The van der Waals surface area contributed by atoms with Crippen LogP contribution in [0, 0.1) is 5.82 Å². The first-order chi connectivity index (χ1) is 10.2. The molecule has 3 aromatic rings. The summed E-state index contributed by atoms with van der Waals surface area (Å²) >= 11 is 7.57. The van der Waals surface area contributed by atoms with E-state index in [9.17, 15) is 4.39 Å². The topological polar surface area (TPSA) is 39.9 Å². The number of hydrogen-bond donors (Lipinski definition) is 0. The highest BCUT2D eigenvalue weighted by molar-refractivity contribution is 7.09. The van der Waals surface area contributed by atoms with Crippen molar-refractivity contribution in [1.29, 1.82) is 0 Å². The summed E-state index contributed by atoms with van der Waals surface area (Å²) in [6, 6.07) is 3.04. The lowest BCUT2D eigenvalue weighted by atomic mass is 10.2. The van der Waals surface area contributed by atoms with Crippen LogP contribution in [0.4, 0.5) is 4.39 Å². The number of nitrogens with zero attached hydrogens (tertiary/aromatic N) is 3. The van der Waals surface area contributed by atoms with Crippen molar-refractivity contribution in [2.75, 3.05) is 7.11 Å². The Morgan fingerprint density at radius 2 is 2.29 bits per heavy atom. The van der Waals surface area contributed by atoms with Crippen molar-refractivity contribution in [3.05, 3.63) is 40.4 Å². The SMILES string of the molecule is COc1cc2c(cc1F)nc(CCl)n2CCc1nccs1. The minimum absolute atomic E-state index is 0.207. The van der Waals surface area contributed by atoms with E-state index in [2.05, 4.69) is 9.97 Å². The van der Waals surface area contributed by atoms with Gasteiger partial charge in [-0.2, -0.15) is 0 Å². The van der Waals surface area contributed by atoms with E-state index in [1.165, 1.54) is 13.2 Å². The molecule has 0 bridgehead atoms. The Balaban J connectivity index is 2.01. The maximum atomic E-state index is 13.8. The molecular weight excluding hydrogens is 313 g/mol. The molecule has 0 radical (unpaired) electrons. The van der Waals surface area contributed by atoms with Crippen LogP contribution in [0.5, 0.6) is 5.75 Å². The molecule has 0 atom stereocenters. The van der Waals surface area contributed by atoms with Crippen LogP contribution >= 0.6 is 22.9 Å². The van der Waals surface area contributed by atoms with Crippen LogP contribution in [0.3, 0.4) is 0 Å². The van der Waals surface area contributed by atoms with E-state index >= 15 is 0 Å². The molecule has 4 nitrogen and oxygen atoms in total. The van der Waals surface area contributed by atoms with Gasteiger partial charge in [-0.25, -0.2) is 14.4 Å². The van der Waals surface area contributed by atoms with Gasteiger partial charge in [0.1, 0.15) is 5.82 Å². The molecule has 1 aromatic carbocycles. The first-order valence-corrected chi connectivity index (χ1v) is 7.81. The second kappa shape index (κ2) is 5.99. The van der Waals surface area contributed by atoms with Crippen molar-refractivity contribution in [3.63, 3.8) is 0 Å². The molecule has 0 aliphatic rings. The fourth-order valence-corrected chi connectivity index (χ4v) is 3.08. The van der Waals surface area contributed by atoms with Crippen LogP contribution < -0.4 is 4.74 Å². The number of imidazole rings is 1. The number of benzene rings is 1. The first-order valence-electron chi connectivity index (χ1n) is 6.40. The summed E-state index contributed by atoms with van der Waals surface area (Å²) in [7, 11) is 1.45. The molecule has 0 N–H and O–H groups in total. The quantitative estimate of drug-likeness (QED) is 0.673. The molecule has 0 amide bonds. The van der Waals surface area contributed by atoms with Gasteiger partial charge in [0.15, 0.2) is 11.6 Å². The largest absolute Gasteiger partial charge is 0.494 e. The normalized spacial score (nSPS) is 11.2. The zero-order valence-corrected chi connectivity index (χ0v) is 12.9. The van der Waals surface area contributed by atoms with Crippen LogP contribution in [-0.4, -0.2) is 21.6 Å². The van der Waals surface area contributed by atoms with Crippen LogP contribution in [0.25, 0.3) is 11.0 Å². The van der Waals surface area contributed by atoms with Gasteiger partial charge in [-0.3, -0.25) is 0 Å². The van der Waals surface area contributed by atoms with E-state index in [1.807, 2.05) is 9.95 Å². The third-order valence-electron chi connectivity index (χ3n) is 3.25. The van der Waals surface area contributed by atoms with Gasteiger partial charge in [0.2, 0.25) is 0 Å². The van der Waals surface area contributed by atoms with Gasteiger partial charge >= 0.3 is 0 Å². The lowest BCUT2D eigenvalue weighted by Gasteiger charge is -2.07. The lowest BCUT2D eigenvalue weighted by molar-refractivity contribution is 0.387. The molecule has 21 heavy (non-hydrogen) atoms. The number of fused-ring (bicyclic) bond motifs is 1. The Morgan fingerprint density at radius 3 is 2.95 bits per heavy atom. The predicted molar refractivity (Wildman–Crippen MR) is 81.6 cm³/mol. The van der Waals surface area contributed by atoms with Crippen molar-refractivity contribution < 1.29 is 9.13 Å². The minimum Gasteiger partial charge on any atom is -0.494 e. The first kappa shape index (κ1) is 14.3. The van der Waals surface area contributed by atoms with Crippen molar-refractivity contribution >= 4 is 34.0 Å². The molecule has 110 valence electrons. The Morgan fingerprint density at radius 1 is 1.43 bits per heavy atom. The Labute approximate surface area is 130 Å². The molecule has 0 saturated carbocycles. The molecule has 2 heterocycles. The maximum absolute atomic E-state index is 13.8. The number of rotatable bonds is 5. The Kier molecular flexibility index (Phi) is 4.07. The zero-order chi connectivity index (χ0) is 14.8. The number of thiazole rings is 1. The van der Waals surface area contributed by atoms with Crippen molar-refractivity contribution in [2.45, 2.75) is 18.8 Å². The second-order valence-electron chi connectivity index (χ2n) is 4.46. The summed E-state index contributed by atoms with van der Waals surface area (Å²) in [5.74, 6) is 0.779.